The van der Waals surface area contributed by atoms with E-state index in [2.05, 4.69) is 16.4 Å². The van der Waals surface area contributed by atoms with Crippen LogP contribution < -0.4 is 5.32 Å². The fraction of sp³-hybridized carbons (Fsp3) is 0.208. The Bertz CT molecular complexity index is 1100. The number of aryl methyl sites for hydroxylation is 2. The highest BCUT2D eigenvalue weighted by Gasteiger charge is 2.18. The molecule has 4 rings (SSSR count). The molecular weight excluding hydrogens is 364 g/mol. The summed E-state index contributed by atoms with van der Waals surface area (Å²) in [6.07, 6.45) is 7.08. The lowest BCUT2D eigenvalue weighted by Gasteiger charge is -2.13. The standard InChI is InChI=1S/C24H22N2O3/c1-16(24(28)26-21-12-10-17-5-2-8-20(17)15-21)29-22(27)13-11-19-7-3-6-18-9-4-14-25-23(18)19/h3-4,6-7,9-16H,2,5,8H2,1H3,(H,26,28)/b13-11+. The number of hydrogen-bond acceptors (Lipinski definition) is 4. The molecule has 5 heteroatoms. The van der Waals surface area contributed by atoms with Gasteiger partial charge in [-0.05, 0) is 61.6 Å². The SMILES string of the molecule is CC(OC(=O)/C=C/c1cccc2cccnc12)C(=O)Nc1ccc2c(c1)CCC2. The maximum atomic E-state index is 12.4. The highest BCUT2D eigenvalue weighted by Crippen LogP contribution is 2.25. The first-order valence-corrected chi connectivity index (χ1v) is 9.75. The fourth-order valence-corrected chi connectivity index (χ4v) is 3.58. The summed E-state index contributed by atoms with van der Waals surface area (Å²) < 4.78 is 5.25. The third-order valence-corrected chi connectivity index (χ3v) is 5.09. The van der Waals surface area contributed by atoms with Gasteiger partial charge in [0.1, 0.15) is 0 Å². The van der Waals surface area contributed by atoms with Crippen LogP contribution in [0.3, 0.4) is 0 Å². The topological polar surface area (TPSA) is 68.3 Å². The first kappa shape index (κ1) is 18.9. The zero-order valence-electron chi connectivity index (χ0n) is 16.2. The predicted octanol–water partition coefficient (Wildman–Crippen LogP) is 4.31. The number of hydrogen-bond donors (Lipinski definition) is 1. The number of fused-ring (bicyclic) bond motifs is 2. The molecule has 0 saturated heterocycles. The molecule has 1 atom stereocenters. The Morgan fingerprint density at radius 2 is 1.93 bits per heavy atom. The molecule has 2 aromatic carbocycles. The van der Waals surface area contributed by atoms with E-state index in [1.54, 1.807) is 19.2 Å². The van der Waals surface area contributed by atoms with Crippen molar-refractivity contribution in [1.29, 1.82) is 0 Å². The maximum absolute atomic E-state index is 12.4. The van der Waals surface area contributed by atoms with E-state index in [0.29, 0.717) is 0 Å². The van der Waals surface area contributed by atoms with Crippen LogP contribution in [-0.2, 0) is 27.2 Å². The van der Waals surface area contributed by atoms with Gasteiger partial charge in [0.15, 0.2) is 6.10 Å². The van der Waals surface area contributed by atoms with Crippen molar-refractivity contribution in [2.45, 2.75) is 32.3 Å². The van der Waals surface area contributed by atoms with Crippen LogP contribution in [0.1, 0.15) is 30.0 Å². The van der Waals surface area contributed by atoms with Crippen LogP contribution in [0, 0.1) is 0 Å². The molecule has 3 aromatic rings. The Labute approximate surface area is 169 Å². The lowest BCUT2D eigenvalue weighted by atomic mass is 10.1. The second-order valence-corrected chi connectivity index (χ2v) is 7.16. The molecule has 0 bridgehead atoms. The van der Waals surface area contributed by atoms with Gasteiger partial charge in [-0.1, -0.05) is 30.3 Å². The number of aromatic nitrogens is 1. The van der Waals surface area contributed by atoms with E-state index in [4.69, 9.17) is 4.74 Å². The van der Waals surface area contributed by atoms with Gasteiger partial charge in [-0.15, -0.1) is 0 Å². The first-order chi connectivity index (χ1) is 14.1. The summed E-state index contributed by atoms with van der Waals surface area (Å²) >= 11 is 0. The van der Waals surface area contributed by atoms with Crippen LogP contribution in [0.5, 0.6) is 0 Å². The van der Waals surface area contributed by atoms with Crippen molar-refractivity contribution >= 4 is 34.5 Å². The van der Waals surface area contributed by atoms with E-state index in [0.717, 1.165) is 41.4 Å². The van der Waals surface area contributed by atoms with Crippen molar-refractivity contribution in [1.82, 2.24) is 4.98 Å². The smallest absolute Gasteiger partial charge is 0.331 e. The van der Waals surface area contributed by atoms with E-state index < -0.39 is 12.1 Å². The van der Waals surface area contributed by atoms with Crippen LogP contribution in [0.15, 0.2) is 60.8 Å². The van der Waals surface area contributed by atoms with Crippen LogP contribution in [0.25, 0.3) is 17.0 Å². The molecule has 1 heterocycles. The number of amides is 1. The average Bonchev–Trinajstić information content (AvgIpc) is 3.20. The summed E-state index contributed by atoms with van der Waals surface area (Å²) in [7, 11) is 0. The third kappa shape index (κ3) is 4.35. The lowest BCUT2D eigenvalue weighted by Crippen LogP contribution is -2.29. The zero-order valence-corrected chi connectivity index (χ0v) is 16.2. The summed E-state index contributed by atoms with van der Waals surface area (Å²) in [6, 6.07) is 15.5. The number of esters is 1. The van der Waals surface area contributed by atoms with Gasteiger partial charge in [-0.25, -0.2) is 4.79 Å². The third-order valence-electron chi connectivity index (χ3n) is 5.09. The summed E-state index contributed by atoms with van der Waals surface area (Å²) in [6.45, 7) is 1.56. The van der Waals surface area contributed by atoms with Gasteiger partial charge < -0.3 is 10.1 Å². The fourth-order valence-electron chi connectivity index (χ4n) is 3.58. The summed E-state index contributed by atoms with van der Waals surface area (Å²) in [5, 5.41) is 3.82. The molecule has 0 aliphatic heterocycles. The number of carbonyl (C=O) groups is 2. The number of anilines is 1. The molecule has 1 aliphatic carbocycles. The quantitative estimate of drug-likeness (QED) is 0.524. The van der Waals surface area contributed by atoms with E-state index >= 15 is 0 Å². The average molecular weight is 386 g/mol. The lowest BCUT2D eigenvalue weighted by molar-refractivity contribution is -0.148. The van der Waals surface area contributed by atoms with E-state index in [1.165, 1.54) is 17.2 Å². The van der Waals surface area contributed by atoms with Gasteiger partial charge in [0.2, 0.25) is 0 Å². The zero-order chi connectivity index (χ0) is 20.2. The minimum atomic E-state index is -0.897. The first-order valence-electron chi connectivity index (χ1n) is 9.75. The molecule has 1 aliphatic rings. The monoisotopic (exact) mass is 386 g/mol. The minimum Gasteiger partial charge on any atom is -0.449 e. The maximum Gasteiger partial charge on any atom is 0.331 e. The van der Waals surface area contributed by atoms with E-state index in [9.17, 15) is 9.59 Å². The highest BCUT2D eigenvalue weighted by molar-refractivity contribution is 5.97. The van der Waals surface area contributed by atoms with Gasteiger partial charge in [0.25, 0.3) is 5.91 Å². The molecule has 0 fully saturated rings. The van der Waals surface area contributed by atoms with Gasteiger partial charge in [0.05, 0.1) is 5.52 Å². The Balaban J connectivity index is 1.37. The van der Waals surface area contributed by atoms with Crippen molar-refractivity contribution < 1.29 is 14.3 Å². The molecule has 146 valence electrons. The second kappa shape index (κ2) is 8.27. The Morgan fingerprint density at radius 3 is 2.83 bits per heavy atom. The summed E-state index contributed by atoms with van der Waals surface area (Å²) in [5.41, 5.74) is 4.97. The van der Waals surface area contributed by atoms with Crippen LogP contribution in [0.2, 0.25) is 0 Å². The number of nitrogens with zero attached hydrogens (tertiary/aromatic N) is 1. The number of rotatable bonds is 5. The molecule has 1 N–H and O–H groups in total. The van der Waals surface area contributed by atoms with Gasteiger partial charge in [-0.2, -0.15) is 0 Å². The molecular formula is C24H22N2O3. The molecule has 1 aromatic heterocycles. The van der Waals surface area contributed by atoms with E-state index in [-0.39, 0.29) is 5.91 Å². The van der Waals surface area contributed by atoms with Crippen molar-refractivity contribution in [3.05, 3.63) is 77.5 Å². The number of benzene rings is 2. The number of nitrogens with one attached hydrogen (secondary N) is 1. The normalized spacial score (nSPS) is 14.0. The van der Waals surface area contributed by atoms with Crippen molar-refractivity contribution in [2.75, 3.05) is 5.32 Å². The number of carbonyl (C=O) groups excluding carboxylic acids is 2. The largest absolute Gasteiger partial charge is 0.449 e. The number of pyridine rings is 1. The summed E-state index contributed by atoms with van der Waals surface area (Å²) in [4.78, 5) is 28.9. The Kier molecular flexibility index (Phi) is 5.38. The summed E-state index contributed by atoms with van der Waals surface area (Å²) in [5.74, 6) is -0.925. The molecule has 0 radical (unpaired) electrons. The van der Waals surface area contributed by atoms with Gasteiger partial charge >= 0.3 is 5.97 Å². The molecule has 0 spiro atoms. The molecule has 1 unspecified atom stereocenters. The Hall–Kier alpha value is -3.47. The predicted molar refractivity (Wildman–Crippen MR) is 113 cm³/mol. The Morgan fingerprint density at radius 1 is 1.10 bits per heavy atom. The number of para-hydroxylation sites is 1. The van der Waals surface area contributed by atoms with Crippen LogP contribution in [0.4, 0.5) is 5.69 Å². The van der Waals surface area contributed by atoms with Crippen LogP contribution in [-0.4, -0.2) is 23.0 Å². The van der Waals surface area contributed by atoms with Crippen LogP contribution >= 0.6 is 0 Å². The van der Waals surface area contributed by atoms with Crippen molar-refractivity contribution in [3.8, 4) is 0 Å². The van der Waals surface area contributed by atoms with E-state index in [1.807, 2.05) is 42.5 Å². The molecule has 29 heavy (non-hydrogen) atoms. The highest BCUT2D eigenvalue weighted by atomic mass is 16.5. The van der Waals surface area contributed by atoms with Crippen molar-refractivity contribution in [3.63, 3.8) is 0 Å². The molecule has 5 nitrogen and oxygen atoms in total. The molecule has 0 saturated carbocycles. The van der Waals surface area contributed by atoms with Gasteiger partial charge in [-0.3, -0.25) is 9.78 Å². The van der Waals surface area contributed by atoms with Gasteiger partial charge in [0, 0.05) is 28.9 Å². The second-order valence-electron chi connectivity index (χ2n) is 7.16. The minimum absolute atomic E-state index is 0.350. The number of ether oxygens (including phenoxy) is 1. The van der Waals surface area contributed by atoms with Crippen molar-refractivity contribution in [2.24, 2.45) is 0 Å². The molecule has 1 amide bonds.